The lowest BCUT2D eigenvalue weighted by molar-refractivity contribution is -0.134. The van der Waals surface area contributed by atoms with Crippen molar-refractivity contribution in [3.05, 3.63) is 65.7 Å². The lowest BCUT2D eigenvalue weighted by Gasteiger charge is -2.43. The molecule has 0 radical (unpaired) electrons. The minimum absolute atomic E-state index is 0.0935. The molecule has 1 heterocycles. The van der Waals surface area contributed by atoms with Gasteiger partial charge in [0.15, 0.2) is 0 Å². The van der Waals surface area contributed by atoms with E-state index in [4.69, 9.17) is 0 Å². The smallest absolute Gasteiger partial charge is 0.238 e. The maximum Gasteiger partial charge on any atom is 0.238 e. The molecule has 2 amide bonds. The van der Waals surface area contributed by atoms with E-state index in [9.17, 15) is 14.4 Å². The van der Waals surface area contributed by atoms with E-state index in [1.807, 2.05) is 42.5 Å². The van der Waals surface area contributed by atoms with E-state index in [1.165, 1.54) is 4.90 Å². The van der Waals surface area contributed by atoms with E-state index in [1.54, 1.807) is 12.1 Å². The molecule has 0 N–H and O–H groups in total. The molecule has 0 spiro atoms. The van der Waals surface area contributed by atoms with Gasteiger partial charge in [-0.25, -0.2) is 0 Å². The van der Waals surface area contributed by atoms with Gasteiger partial charge in [0.25, 0.3) is 0 Å². The molecule has 4 heteroatoms. The van der Waals surface area contributed by atoms with Crippen LogP contribution < -0.4 is 4.90 Å². The first kappa shape index (κ1) is 13.7. The summed E-state index contributed by atoms with van der Waals surface area (Å²) in [5.74, 6) is -1.89. The van der Waals surface area contributed by atoms with Crippen molar-refractivity contribution in [1.82, 2.24) is 0 Å². The van der Waals surface area contributed by atoms with Crippen LogP contribution in [0.3, 0.4) is 0 Å². The van der Waals surface area contributed by atoms with Crippen molar-refractivity contribution in [2.45, 2.75) is 18.3 Å². The van der Waals surface area contributed by atoms with Gasteiger partial charge >= 0.3 is 0 Å². The maximum atomic E-state index is 13.1. The molecule has 2 aromatic rings. The van der Waals surface area contributed by atoms with Gasteiger partial charge in [0.1, 0.15) is 5.78 Å². The minimum atomic E-state index is -0.543. The summed E-state index contributed by atoms with van der Waals surface area (Å²) in [7, 11) is 0. The highest BCUT2D eigenvalue weighted by Crippen LogP contribution is 2.57. The highest BCUT2D eigenvalue weighted by molar-refractivity contribution is 6.24. The maximum absolute atomic E-state index is 13.1. The van der Waals surface area contributed by atoms with E-state index >= 15 is 0 Å². The fourth-order valence-electron chi connectivity index (χ4n) is 4.79. The molecule has 1 saturated carbocycles. The van der Waals surface area contributed by atoms with Gasteiger partial charge in [-0.3, -0.25) is 19.3 Å². The predicted molar refractivity (Wildman–Crippen MR) is 87.5 cm³/mol. The number of para-hydroxylation sites is 1. The Balaban J connectivity index is 1.68. The number of hydrogen-bond donors (Lipinski definition) is 0. The second kappa shape index (κ2) is 4.63. The summed E-state index contributed by atoms with van der Waals surface area (Å²) >= 11 is 0. The first-order valence-corrected chi connectivity index (χ1v) is 8.23. The Morgan fingerprint density at radius 3 is 2.12 bits per heavy atom. The zero-order valence-electron chi connectivity index (χ0n) is 12.9. The number of carbonyl (C=O) groups is 3. The fourth-order valence-corrected chi connectivity index (χ4v) is 4.79. The molecule has 2 fully saturated rings. The van der Waals surface area contributed by atoms with Gasteiger partial charge in [0.2, 0.25) is 11.8 Å². The van der Waals surface area contributed by atoms with Gasteiger partial charge in [-0.2, -0.15) is 0 Å². The highest BCUT2D eigenvalue weighted by Gasteiger charge is 2.62. The average Bonchev–Trinajstić information content (AvgIpc) is 2.88. The quantitative estimate of drug-likeness (QED) is 0.760. The second-order valence-electron chi connectivity index (χ2n) is 6.78. The fraction of sp³-hybridized carbons (Fsp3) is 0.250. The molecule has 6 rings (SSSR count). The van der Waals surface area contributed by atoms with Crippen molar-refractivity contribution in [1.29, 1.82) is 0 Å². The summed E-state index contributed by atoms with van der Waals surface area (Å²) < 4.78 is 0. The topological polar surface area (TPSA) is 54.5 Å². The van der Waals surface area contributed by atoms with Crippen LogP contribution in [0.4, 0.5) is 5.69 Å². The number of anilines is 1. The molecule has 0 unspecified atom stereocenters. The van der Waals surface area contributed by atoms with Crippen LogP contribution in [0.2, 0.25) is 0 Å². The lowest BCUT2D eigenvalue weighted by atomic mass is 9.56. The van der Waals surface area contributed by atoms with Crippen LogP contribution in [0.5, 0.6) is 0 Å². The third-order valence-electron chi connectivity index (χ3n) is 5.70. The van der Waals surface area contributed by atoms with Gasteiger partial charge in [0, 0.05) is 12.3 Å². The van der Waals surface area contributed by atoms with E-state index in [2.05, 4.69) is 0 Å². The zero-order chi connectivity index (χ0) is 16.4. The molecule has 4 nitrogen and oxygen atoms in total. The summed E-state index contributed by atoms with van der Waals surface area (Å²) in [6.45, 7) is 0. The lowest BCUT2D eigenvalue weighted by Crippen LogP contribution is -2.44. The van der Waals surface area contributed by atoms with Crippen LogP contribution in [0, 0.1) is 11.8 Å². The second-order valence-corrected chi connectivity index (χ2v) is 6.78. The van der Waals surface area contributed by atoms with E-state index in [-0.39, 0.29) is 23.5 Å². The van der Waals surface area contributed by atoms with Crippen LogP contribution in [0.1, 0.15) is 29.4 Å². The highest BCUT2D eigenvalue weighted by atomic mass is 16.2. The van der Waals surface area contributed by atoms with E-state index in [0.717, 1.165) is 11.1 Å². The summed E-state index contributed by atoms with van der Waals surface area (Å²) in [4.78, 5) is 40.0. The monoisotopic (exact) mass is 317 g/mol. The van der Waals surface area contributed by atoms with Crippen molar-refractivity contribution in [2.24, 2.45) is 11.8 Å². The summed E-state index contributed by atoms with van der Waals surface area (Å²) in [6.07, 6.45) is 0.366. The Hall–Kier alpha value is -2.75. The van der Waals surface area contributed by atoms with E-state index in [0.29, 0.717) is 12.1 Å². The largest absolute Gasteiger partial charge is 0.299 e. The number of ketones is 1. The molecular weight excluding hydrogens is 302 g/mol. The van der Waals surface area contributed by atoms with E-state index < -0.39 is 17.8 Å². The molecule has 4 atom stereocenters. The first-order chi connectivity index (χ1) is 11.7. The van der Waals surface area contributed by atoms with Crippen LogP contribution in [-0.2, 0) is 14.4 Å². The van der Waals surface area contributed by atoms with Gasteiger partial charge in [-0.05, 0) is 23.3 Å². The Bertz CT molecular complexity index is 889. The summed E-state index contributed by atoms with van der Waals surface area (Å²) in [5.41, 5.74) is 2.60. The van der Waals surface area contributed by atoms with Gasteiger partial charge in [-0.1, -0.05) is 42.5 Å². The van der Waals surface area contributed by atoms with Crippen LogP contribution >= 0.6 is 0 Å². The Labute approximate surface area is 139 Å². The van der Waals surface area contributed by atoms with Crippen molar-refractivity contribution >= 4 is 23.3 Å². The van der Waals surface area contributed by atoms with Gasteiger partial charge < -0.3 is 0 Å². The third kappa shape index (κ3) is 1.55. The molecule has 118 valence electrons. The first-order valence-electron chi connectivity index (χ1n) is 8.23. The number of Topliss-reactive ketones (excluding diaryl/α,β-unsaturated/α-hetero) is 1. The van der Waals surface area contributed by atoms with Crippen molar-refractivity contribution < 1.29 is 14.4 Å². The standard InChI is InChI=1S/C20H15NO3/c22-15-10-14-12-8-4-5-9-13(12)16(15)18-17(14)19(23)21(20(18)24)11-6-2-1-3-7-11/h1-9,14,16-18H,10H2/t14-,16+,17+,18+/m0/s1. The molecule has 2 aromatic carbocycles. The molecule has 24 heavy (non-hydrogen) atoms. The third-order valence-corrected chi connectivity index (χ3v) is 5.70. The van der Waals surface area contributed by atoms with Crippen LogP contribution in [0.15, 0.2) is 54.6 Å². The number of rotatable bonds is 1. The molecule has 3 aliphatic carbocycles. The zero-order valence-corrected chi connectivity index (χ0v) is 12.9. The number of fused-ring (bicyclic) bond motifs is 1. The van der Waals surface area contributed by atoms with Crippen LogP contribution in [-0.4, -0.2) is 17.6 Å². The molecule has 2 bridgehead atoms. The molecular formula is C20H15NO3. The number of benzene rings is 2. The molecule has 4 aliphatic rings. The minimum Gasteiger partial charge on any atom is -0.299 e. The van der Waals surface area contributed by atoms with Gasteiger partial charge in [0.05, 0.1) is 23.4 Å². The number of nitrogens with zero attached hydrogens (tertiary/aromatic N) is 1. The average molecular weight is 317 g/mol. The summed E-state index contributed by atoms with van der Waals surface area (Å²) in [6, 6.07) is 16.8. The normalized spacial score (nSPS) is 30.5. The molecule has 1 aliphatic heterocycles. The van der Waals surface area contributed by atoms with Crippen molar-refractivity contribution in [3.8, 4) is 0 Å². The van der Waals surface area contributed by atoms with Crippen molar-refractivity contribution in [3.63, 3.8) is 0 Å². The molecule has 1 saturated heterocycles. The number of imide groups is 1. The van der Waals surface area contributed by atoms with Crippen molar-refractivity contribution in [2.75, 3.05) is 4.90 Å². The number of hydrogen-bond acceptors (Lipinski definition) is 3. The number of amides is 2. The molecule has 0 aromatic heterocycles. The Kier molecular flexibility index (Phi) is 2.64. The Morgan fingerprint density at radius 1 is 0.750 bits per heavy atom. The predicted octanol–water partition coefficient (Wildman–Crippen LogP) is 2.65. The summed E-state index contributed by atoms with van der Waals surface area (Å²) in [5, 5.41) is 0. The number of carbonyl (C=O) groups excluding carboxylic acids is 3. The van der Waals surface area contributed by atoms with Crippen LogP contribution in [0.25, 0.3) is 0 Å². The SMILES string of the molecule is O=C1C[C@H]2c3ccccc3[C@H]1[C@H]1C(=O)N(c3ccccc3)C(=O)[C@@H]12. The van der Waals surface area contributed by atoms with Gasteiger partial charge in [-0.15, -0.1) is 0 Å². The Morgan fingerprint density at radius 2 is 1.38 bits per heavy atom.